The number of oxazole rings is 1. The number of amides is 2. The molecule has 1 aromatic heterocycles. The standard InChI is InChI=1S/C35H28BrN3O4/c36-24-10-7-9-23(18-24)31-19-37-32(43-31)20-38-34(40)33-25-11-2-1-8-22(25)16-17-39(33)35(41)42-21-30-28-14-5-3-12-26(28)27-13-4-6-15-29(27)30/h1-15,18-19,30,33H,16-17,20-21H2,(H,38,40). The normalized spacial score (nSPS) is 15.4. The number of hydrogen-bond acceptors (Lipinski definition) is 5. The number of ether oxygens (including phenoxy) is 1. The van der Waals surface area contributed by atoms with Gasteiger partial charge in [0.2, 0.25) is 11.8 Å². The van der Waals surface area contributed by atoms with Gasteiger partial charge in [-0.15, -0.1) is 0 Å². The van der Waals surface area contributed by atoms with E-state index in [2.05, 4.69) is 50.5 Å². The number of carbonyl (C=O) groups excluding carboxylic acids is 2. The quantitative estimate of drug-likeness (QED) is 0.213. The first-order valence-corrected chi connectivity index (χ1v) is 15.0. The highest BCUT2D eigenvalue weighted by atomic mass is 79.9. The largest absolute Gasteiger partial charge is 0.448 e. The number of benzene rings is 4. The lowest BCUT2D eigenvalue weighted by Crippen LogP contribution is -2.47. The van der Waals surface area contributed by atoms with E-state index in [1.807, 2.05) is 72.8 Å². The summed E-state index contributed by atoms with van der Waals surface area (Å²) in [4.78, 5) is 33.3. The summed E-state index contributed by atoms with van der Waals surface area (Å²) in [5, 5.41) is 2.94. The van der Waals surface area contributed by atoms with Gasteiger partial charge in [0.1, 0.15) is 12.6 Å². The molecule has 1 aliphatic heterocycles. The summed E-state index contributed by atoms with van der Waals surface area (Å²) in [6, 6.07) is 31.1. The fourth-order valence-electron chi connectivity index (χ4n) is 6.15. The minimum atomic E-state index is -0.833. The van der Waals surface area contributed by atoms with Gasteiger partial charge in [0, 0.05) is 22.5 Å². The lowest BCUT2D eigenvalue weighted by Gasteiger charge is -2.35. The lowest BCUT2D eigenvalue weighted by atomic mass is 9.92. The van der Waals surface area contributed by atoms with E-state index in [-0.39, 0.29) is 25.0 Å². The third-order valence-corrected chi connectivity index (χ3v) is 8.67. The predicted molar refractivity (Wildman–Crippen MR) is 166 cm³/mol. The van der Waals surface area contributed by atoms with Gasteiger partial charge in [0.15, 0.2) is 5.76 Å². The third-order valence-electron chi connectivity index (χ3n) is 8.18. The fraction of sp³-hybridized carbons (Fsp3) is 0.171. The molecule has 7 rings (SSSR count). The van der Waals surface area contributed by atoms with Gasteiger partial charge in [-0.05, 0) is 51.9 Å². The van der Waals surface area contributed by atoms with E-state index in [0.29, 0.717) is 24.6 Å². The van der Waals surface area contributed by atoms with Crippen LogP contribution in [0, 0.1) is 0 Å². The first-order valence-electron chi connectivity index (χ1n) is 14.2. The van der Waals surface area contributed by atoms with Crippen LogP contribution in [0.4, 0.5) is 4.79 Å². The molecule has 1 atom stereocenters. The minimum Gasteiger partial charge on any atom is -0.448 e. The number of carbonyl (C=O) groups is 2. The molecule has 2 amide bonds. The lowest BCUT2D eigenvalue weighted by molar-refractivity contribution is -0.126. The summed E-state index contributed by atoms with van der Waals surface area (Å²) in [6.07, 6.45) is 1.77. The molecule has 4 aromatic carbocycles. The monoisotopic (exact) mass is 633 g/mol. The van der Waals surface area contributed by atoms with Crippen molar-refractivity contribution in [2.24, 2.45) is 0 Å². The number of nitrogens with zero attached hydrogens (tertiary/aromatic N) is 2. The number of nitrogens with one attached hydrogen (secondary N) is 1. The van der Waals surface area contributed by atoms with Gasteiger partial charge in [-0.25, -0.2) is 9.78 Å². The SMILES string of the molecule is O=C(NCc1ncc(-c2cccc(Br)c2)o1)C1c2ccccc2CCN1C(=O)OCC1c2ccccc2-c2ccccc21. The Labute approximate surface area is 257 Å². The third kappa shape index (κ3) is 5.23. The highest BCUT2D eigenvalue weighted by molar-refractivity contribution is 9.10. The summed E-state index contributed by atoms with van der Waals surface area (Å²) in [5.41, 5.74) is 7.32. The zero-order chi connectivity index (χ0) is 29.3. The van der Waals surface area contributed by atoms with E-state index in [1.54, 1.807) is 6.20 Å². The van der Waals surface area contributed by atoms with Crippen LogP contribution in [0.3, 0.4) is 0 Å². The molecular weight excluding hydrogens is 606 g/mol. The molecule has 0 fully saturated rings. The van der Waals surface area contributed by atoms with E-state index < -0.39 is 12.1 Å². The molecular formula is C35H28BrN3O4. The van der Waals surface area contributed by atoms with Crippen molar-refractivity contribution in [1.82, 2.24) is 15.2 Å². The highest BCUT2D eigenvalue weighted by Crippen LogP contribution is 2.44. The molecule has 0 spiro atoms. The van der Waals surface area contributed by atoms with Gasteiger partial charge in [-0.1, -0.05) is 101 Å². The molecule has 1 N–H and O–H groups in total. The van der Waals surface area contributed by atoms with Gasteiger partial charge >= 0.3 is 6.09 Å². The van der Waals surface area contributed by atoms with Crippen LogP contribution in [-0.2, 0) is 22.5 Å². The van der Waals surface area contributed by atoms with E-state index in [4.69, 9.17) is 9.15 Å². The maximum atomic E-state index is 13.7. The number of hydrogen-bond donors (Lipinski definition) is 1. The molecule has 7 nitrogen and oxygen atoms in total. The average molecular weight is 635 g/mol. The molecule has 2 aliphatic rings. The van der Waals surface area contributed by atoms with Crippen LogP contribution >= 0.6 is 15.9 Å². The van der Waals surface area contributed by atoms with Gasteiger partial charge in [-0.2, -0.15) is 0 Å². The van der Waals surface area contributed by atoms with Crippen LogP contribution in [0.15, 0.2) is 112 Å². The Balaban J connectivity index is 1.08. The molecule has 43 heavy (non-hydrogen) atoms. The summed E-state index contributed by atoms with van der Waals surface area (Å²) in [6.45, 7) is 0.649. The topological polar surface area (TPSA) is 84.7 Å². The first kappa shape index (κ1) is 27.2. The molecule has 5 aromatic rings. The molecule has 2 heterocycles. The number of fused-ring (bicyclic) bond motifs is 4. The van der Waals surface area contributed by atoms with E-state index in [9.17, 15) is 9.59 Å². The Kier molecular flexibility index (Phi) is 7.28. The van der Waals surface area contributed by atoms with Gasteiger partial charge in [-0.3, -0.25) is 9.69 Å². The van der Waals surface area contributed by atoms with Gasteiger partial charge in [0.25, 0.3) is 0 Å². The number of aromatic nitrogens is 1. The predicted octanol–water partition coefficient (Wildman–Crippen LogP) is 7.27. The Morgan fingerprint density at radius 3 is 2.35 bits per heavy atom. The highest BCUT2D eigenvalue weighted by Gasteiger charge is 2.38. The zero-order valence-electron chi connectivity index (χ0n) is 23.2. The maximum Gasteiger partial charge on any atom is 0.410 e. The van der Waals surface area contributed by atoms with Crippen molar-refractivity contribution in [3.05, 3.63) is 136 Å². The van der Waals surface area contributed by atoms with E-state index in [1.165, 1.54) is 4.90 Å². The summed E-state index contributed by atoms with van der Waals surface area (Å²) >= 11 is 3.47. The first-order chi connectivity index (χ1) is 21.1. The molecule has 8 heteroatoms. The molecule has 0 saturated heterocycles. The summed E-state index contributed by atoms with van der Waals surface area (Å²) < 4.78 is 12.8. The smallest absolute Gasteiger partial charge is 0.410 e. The van der Waals surface area contributed by atoms with Gasteiger partial charge < -0.3 is 14.5 Å². The molecule has 0 saturated carbocycles. The van der Waals surface area contributed by atoms with Crippen LogP contribution < -0.4 is 5.32 Å². The second kappa shape index (κ2) is 11.5. The molecule has 214 valence electrons. The van der Waals surface area contributed by atoms with Crippen molar-refractivity contribution in [3.63, 3.8) is 0 Å². The van der Waals surface area contributed by atoms with Crippen molar-refractivity contribution < 1.29 is 18.7 Å². The molecule has 0 bridgehead atoms. The summed E-state index contributed by atoms with van der Waals surface area (Å²) in [5.74, 6) is 0.599. The Morgan fingerprint density at radius 1 is 0.907 bits per heavy atom. The molecule has 1 unspecified atom stereocenters. The Morgan fingerprint density at radius 2 is 1.60 bits per heavy atom. The number of halogens is 1. The van der Waals surface area contributed by atoms with E-state index in [0.717, 1.165) is 43.4 Å². The van der Waals surface area contributed by atoms with Crippen molar-refractivity contribution in [3.8, 4) is 22.5 Å². The van der Waals surface area contributed by atoms with Crippen molar-refractivity contribution in [1.29, 1.82) is 0 Å². The molecule has 0 radical (unpaired) electrons. The van der Waals surface area contributed by atoms with Gasteiger partial charge in [0.05, 0.1) is 12.7 Å². The van der Waals surface area contributed by atoms with Crippen LogP contribution in [0.25, 0.3) is 22.5 Å². The second-order valence-corrected chi connectivity index (χ2v) is 11.6. The van der Waals surface area contributed by atoms with Crippen LogP contribution in [-0.4, -0.2) is 35.0 Å². The van der Waals surface area contributed by atoms with Crippen molar-refractivity contribution in [2.45, 2.75) is 24.9 Å². The summed E-state index contributed by atoms with van der Waals surface area (Å²) in [7, 11) is 0. The van der Waals surface area contributed by atoms with Crippen molar-refractivity contribution >= 4 is 27.9 Å². The van der Waals surface area contributed by atoms with Crippen LogP contribution in [0.5, 0.6) is 0 Å². The zero-order valence-corrected chi connectivity index (χ0v) is 24.8. The Bertz CT molecular complexity index is 1790. The maximum absolute atomic E-state index is 13.7. The van der Waals surface area contributed by atoms with Crippen LogP contribution in [0.1, 0.15) is 40.1 Å². The molecule has 1 aliphatic carbocycles. The van der Waals surface area contributed by atoms with Crippen LogP contribution in [0.2, 0.25) is 0 Å². The minimum absolute atomic E-state index is 0.0647. The van der Waals surface area contributed by atoms with Crippen molar-refractivity contribution in [2.75, 3.05) is 13.2 Å². The second-order valence-electron chi connectivity index (χ2n) is 10.7. The Hall–Kier alpha value is -4.69. The van der Waals surface area contributed by atoms with E-state index >= 15 is 0 Å². The average Bonchev–Trinajstić information content (AvgIpc) is 3.65. The fourth-order valence-corrected chi connectivity index (χ4v) is 6.55. The number of rotatable bonds is 6.